The standard InChI is InChI=1S/C10H14N2O6/c13-4-3-11(5-8(14)15)1-2-12-6-9(16)18-10(17)7-12/h4H,1-3,5-7H2,(H,14,15). The van der Waals surface area contributed by atoms with Gasteiger partial charge in [-0.2, -0.15) is 0 Å². The largest absolute Gasteiger partial charge is 0.480 e. The first-order valence-corrected chi connectivity index (χ1v) is 5.35. The van der Waals surface area contributed by atoms with E-state index in [0.29, 0.717) is 12.8 Å². The minimum atomic E-state index is -1.04. The van der Waals surface area contributed by atoms with Crippen molar-refractivity contribution >= 4 is 24.2 Å². The number of aldehydes is 1. The zero-order valence-electron chi connectivity index (χ0n) is 9.70. The molecule has 1 aliphatic heterocycles. The minimum Gasteiger partial charge on any atom is -0.480 e. The van der Waals surface area contributed by atoms with E-state index in [4.69, 9.17) is 5.11 Å². The van der Waals surface area contributed by atoms with Gasteiger partial charge in [0.1, 0.15) is 6.29 Å². The topological polar surface area (TPSA) is 104 Å². The summed E-state index contributed by atoms with van der Waals surface area (Å²) in [5, 5.41) is 8.63. The second kappa shape index (κ2) is 6.82. The second-order valence-corrected chi connectivity index (χ2v) is 3.85. The molecule has 0 atom stereocenters. The SMILES string of the molecule is O=CCN(CCN1CC(=O)OC(=O)C1)CC(=O)O. The molecule has 0 aromatic carbocycles. The zero-order valence-corrected chi connectivity index (χ0v) is 9.70. The third-order valence-corrected chi connectivity index (χ3v) is 2.36. The minimum absolute atomic E-state index is 0.00146. The summed E-state index contributed by atoms with van der Waals surface area (Å²) in [4.78, 5) is 45.8. The maximum Gasteiger partial charge on any atom is 0.327 e. The van der Waals surface area contributed by atoms with Gasteiger partial charge in [-0.3, -0.25) is 24.2 Å². The Labute approximate surface area is 103 Å². The van der Waals surface area contributed by atoms with Crippen molar-refractivity contribution in [1.29, 1.82) is 0 Å². The summed E-state index contributed by atoms with van der Waals surface area (Å²) >= 11 is 0. The summed E-state index contributed by atoms with van der Waals surface area (Å²) < 4.78 is 4.35. The molecule has 0 amide bonds. The molecule has 0 aromatic heterocycles. The molecule has 100 valence electrons. The number of ether oxygens (including phenoxy) is 1. The predicted octanol–water partition coefficient (Wildman–Crippen LogP) is -2.04. The van der Waals surface area contributed by atoms with Gasteiger partial charge in [-0.05, 0) is 0 Å². The van der Waals surface area contributed by atoms with Crippen molar-refractivity contribution in [2.24, 2.45) is 0 Å². The van der Waals surface area contributed by atoms with E-state index in [9.17, 15) is 19.2 Å². The average molecular weight is 258 g/mol. The molecular weight excluding hydrogens is 244 g/mol. The van der Waals surface area contributed by atoms with Gasteiger partial charge >= 0.3 is 17.9 Å². The van der Waals surface area contributed by atoms with Crippen molar-refractivity contribution in [3.8, 4) is 0 Å². The maximum absolute atomic E-state index is 11.0. The molecule has 1 fully saturated rings. The van der Waals surface area contributed by atoms with Crippen molar-refractivity contribution in [3.05, 3.63) is 0 Å². The Morgan fingerprint density at radius 2 is 2.00 bits per heavy atom. The molecule has 0 bridgehead atoms. The number of aliphatic carboxylic acids is 1. The fourth-order valence-corrected chi connectivity index (χ4v) is 1.59. The molecule has 0 aliphatic carbocycles. The molecule has 1 aliphatic rings. The van der Waals surface area contributed by atoms with Crippen LogP contribution in [-0.4, -0.2) is 78.4 Å². The van der Waals surface area contributed by atoms with E-state index < -0.39 is 17.9 Å². The number of hydrogen-bond donors (Lipinski definition) is 1. The first-order valence-electron chi connectivity index (χ1n) is 5.35. The third-order valence-electron chi connectivity index (χ3n) is 2.36. The summed E-state index contributed by atoms with van der Waals surface area (Å²) in [7, 11) is 0. The smallest absolute Gasteiger partial charge is 0.327 e. The van der Waals surface area contributed by atoms with Crippen LogP contribution < -0.4 is 0 Å². The monoisotopic (exact) mass is 258 g/mol. The van der Waals surface area contributed by atoms with Crippen molar-refractivity contribution in [2.75, 3.05) is 39.3 Å². The van der Waals surface area contributed by atoms with E-state index in [1.807, 2.05) is 0 Å². The third kappa shape index (κ3) is 5.02. The van der Waals surface area contributed by atoms with Crippen LogP contribution in [0.3, 0.4) is 0 Å². The van der Waals surface area contributed by atoms with E-state index in [2.05, 4.69) is 4.74 Å². The van der Waals surface area contributed by atoms with E-state index in [-0.39, 0.29) is 32.7 Å². The summed E-state index contributed by atoms with van der Waals surface area (Å²) in [6.07, 6.45) is 0.610. The lowest BCUT2D eigenvalue weighted by Crippen LogP contribution is -2.46. The average Bonchev–Trinajstić information content (AvgIpc) is 2.24. The molecule has 1 saturated heterocycles. The number of carboxylic acids is 1. The molecule has 8 nitrogen and oxygen atoms in total. The second-order valence-electron chi connectivity index (χ2n) is 3.85. The Morgan fingerprint density at radius 3 is 2.50 bits per heavy atom. The van der Waals surface area contributed by atoms with Gasteiger partial charge in [0.05, 0.1) is 26.2 Å². The normalized spacial score (nSPS) is 16.7. The number of morpholine rings is 1. The highest BCUT2D eigenvalue weighted by molar-refractivity contribution is 5.90. The van der Waals surface area contributed by atoms with Gasteiger partial charge < -0.3 is 14.6 Å². The van der Waals surface area contributed by atoms with Crippen LogP contribution in [0.15, 0.2) is 0 Å². The highest BCUT2D eigenvalue weighted by Gasteiger charge is 2.24. The summed E-state index contributed by atoms with van der Waals surface area (Å²) in [6.45, 7) is 0.332. The maximum atomic E-state index is 11.0. The van der Waals surface area contributed by atoms with Crippen molar-refractivity contribution in [1.82, 2.24) is 9.80 Å². The molecule has 1 N–H and O–H groups in total. The lowest BCUT2D eigenvalue weighted by Gasteiger charge is -2.26. The number of carboxylic acid groups (broad SMARTS) is 1. The quantitative estimate of drug-likeness (QED) is 0.316. The molecule has 8 heteroatoms. The van der Waals surface area contributed by atoms with Crippen molar-refractivity contribution in [2.45, 2.75) is 0 Å². The van der Waals surface area contributed by atoms with Gasteiger partial charge in [-0.1, -0.05) is 0 Å². The van der Waals surface area contributed by atoms with Gasteiger partial charge in [0.25, 0.3) is 0 Å². The summed E-state index contributed by atoms with van der Waals surface area (Å²) in [5.41, 5.74) is 0. The molecule has 0 spiro atoms. The van der Waals surface area contributed by atoms with Crippen LogP contribution in [0.4, 0.5) is 0 Å². The Kier molecular flexibility index (Phi) is 5.40. The molecule has 1 heterocycles. The lowest BCUT2D eigenvalue weighted by atomic mass is 10.3. The molecule has 1 rings (SSSR count). The van der Waals surface area contributed by atoms with Crippen LogP contribution in [0.1, 0.15) is 0 Å². The van der Waals surface area contributed by atoms with E-state index >= 15 is 0 Å². The van der Waals surface area contributed by atoms with Gasteiger partial charge in [-0.25, -0.2) is 0 Å². The van der Waals surface area contributed by atoms with Crippen LogP contribution in [0.5, 0.6) is 0 Å². The first kappa shape index (κ1) is 14.3. The van der Waals surface area contributed by atoms with Gasteiger partial charge in [0.15, 0.2) is 0 Å². The Bertz CT molecular complexity index is 336. The predicted molar refractivity (Wildman–Crippen MR) is 57.7 cm³/mol. The first-order chi connectivity index (χ1) is 8.51. The number of hydrogen-bond acceptors (Lipinski definition) is 7. The number of carbonyl (C=O) groups excluding carboxylic acids is 3. The molecule has 0 radical (unpaired) electrons. The van der Waals surface area contributed by atoms with Gasteiger partial charge in [0, 0.05) is 13.1 Å². The van der Waals surface area contributed by atoms with Crippen molar-refractivity contribution < 1.29 is 29.0 Å². The van der Waals surface area contributed by atoms with Crippen LogP contribution >= 0.6 is 0 Å². The summed E-state index contributed by atoms with van der Waals surface area (Å²) in [5.74, 6) is -2.27. The molecule has 18 heavy (non-hydrogen) atoms. The summed E-state index contributed by atoms with van der Waals surface area (Å²) in [6, 6.07) is 0. The van der Waals surface area contributed by atoms with Crippen molar-refractivity contribution in [3.63, 3.8) is 0 Å². The van der Waals surface area contributed by atoms with Crippen LogP contribution in [-0.2, 0) is 23.9 Å². The van der Waals surface area contributed by atoms with E-state index in [1.54, 1.807) is 4.90 Å². The number of cyclic esters (lactones) is 2. The van der Waals surface area contributed by atoms with Crippen LogP contribution in [0.25, 0.3) is 0 Å². The number of esters is 2. The number of nitrogens with zero attached hydrogens (tertiary/aromatic N) is 2. The van der Waals surface area contributed by atoms with Crippen LogP contribution in [0.2, 0.25) is 0 Å². The Hall–Kier alpha value is -1.80. The molecule has 0 aromatic rings. The van der Waals surface area contributed by atoms with Crippen LogP contribution in [0, 0.1) is 0 Å². The van der Waals surface area contributed by atoms with E-state index in [0.717, 1.165) is 0 Å². The molecule has 0 unspecified atom stereocenters. The van der Waals surface area contributed by atoms with E-state index in [1.165, 1.54) is 4.90 Å². The van der Waals surface area contributed by atoms with Gasteiger partial charge in [0.2, 0.25) is 0 Å². The molecular formula is C10H14N2O6. The lowest BCUT2D eigenvalue weighted by molar-refractivity contribution is -0.167. The highest BCUT2D eigenvalue weighted by Crippen LogP contribution is 2.00. The van der Waals surface area contributed by atoms with Gasteiger partial charge in [-0.15, -0.1) is 0 Å². The fraction of sp³-hybridized carbons (Fsp3) is 0.600. The number of rotatable bonds is 7. The highest BCUT2D eigenvalue weighted by atomic mass is 16.6. The Morgan fingerprint density at radius 1 is 1.39 bits per heavy atom. The Balaban J connectivity index is 2.40. The molecule has 0 saturated carbocycles. The number of carbonyl (C=O) groups is 4. The zero-order chi connectivity index (χ0) is 13.5. The fourth-order valence-electron chi connectivity index (χ4n) is 1.59.